The molecule has 0 saturated carbocycles. The molecule has 1 fully saturated rings. The number of hydrogen-bond acceptors (Lipinski definition) is 7. The molecule has 0 aromatic rings. The lowest BCUT2D eigenvalue weighted by Gasteiger charge is -2.42. The zero-order valence-corrected chi connectivity index (χ0v) is 21.4. The highest BCUT2D eigenvalue weighted by atomic mass is 16.6. The van der Waals surface area contributed by atoms with E-state index >= 15 is 0 Å². The molecule has 32 heavy (non-hydrogen) atoms. The van der Waals surface area contributed by atoms with Gasteiger partial charge in [0.2, 0.25) is 0 Å². The molecule has 1 rings (SSSR count). The Morgan fingerprint density at radius 2 is 1.69 bits per heavy atom. The minimum atomic E-state index is -1.79. The molecule has 184 valence electrons. The summed E-state index contributed by atoms with van der Waals surface area (Å²) in [6, 6.07) is 0. The van der Waals surface area contributed by atoms with Crippen molar-refractivity contribution < 1.29 is 29.3 Å². The van der Waals surface area contributed by atoms with Gasteiger partial charge in [0.05, 0.1) is 11.7 Å². The molecule has 1 saturated heterocycles. The number of aliphatic hydroxyl groups excluding tert-OH is 1. The number of carbonyl (C=O) groups excluding carboxylic acids is 2. The highest BCUT2D eigenvalue weighted by Gasteiger charge is 2.47. The Bertz CT molecular complexity index is 754. The molecule has 0 unspecified atom stereocenters. The Hall–Kier alpha value is -1.57. The van der Waals surface area contributed by atoms with E-state index in [1.54, 1.807) is 27.9 Å². The van der Waals surface area contributed by atoms with Crippen LogP contribution in [0.5, 0.6) is 0 Å². The number of Topliss-reactive ketones (excluding diaryl/α,β-unsaturated/α-hetero) is 1. The summed E-state index contributed by atoms with van der Waals surface area (Å²) in [5.74, 6) is -3.64. The van der Waals surface area contributed by atoms with Gasteiger partial charge in [0, 0.05) is 24.7 Å². The molecule has 0 amide bonds. The second-order valence-electron chi connectivity index (χ2n) is 10.0. The van der Waals surface area contributed by atoms with Crippen molar-refractivity contribution in [3.05, 3.63) is 11.1 Å². The Kier molecular flexibility index (Phi) is 9.41. The lowest BCUT2D eigenvalue weighted by molar-refractivity contribution is -0.186. The van der Waals surface area contributed by atoms with Crippen LogP contribution in [0.4, 0.5) is 0 Å². The van der Waals surface area contributed by atoms with E-state index in [2.05, 4.69) is 0 Å². The van der Waals surface area contributed by atoms with Crippen molar-refractivity contribution in [2.75, 3.05) is 7.11 Å². The number of ketones is 1. The lowest BCUT2D eigenvalue weighted by Crippen LogP contribution is -2.56. The van der Waals surface area contributed by atoms with Crippen molar-refractivity contribution in [2.24, 2.45) is 23.7 Å². The van der Waals surface area contributed by atoms with Crippen LogP contribution in [-0.4, -0.2) is 58.2 Å². The number of allylic oxidation sites excluding steroid dienone is 1. The molecule has 7 nitrogen and oxygen atoms in total. The molecule has 3 N–H and O–H groups in total. The third kappa shape index (κ3) is 5.49. The van der Waals surface area contributed by atoms with Crippen LogP contribution in [0.15, 0.2) is 11.1 Å². The number of nitrogens with one attached hydrogen (secondary N) is 1. The molecular formula is C25H43NO6. The summed E-state index contributed by atoms with van der Waals surface area (Å²) in [6.07, 6.45) is -1.69. The average molecular weight is 454 g/mol. The van der Waals surface area contributed by atoms with Gasteiger partial charge in [-0.15, -0.1) is 0 Å². The van der Waals surface area contributed by atoms with Gasteiger partial charge in [0.1, 0.15) is 17.6 Å². The number of rotatable bonds is 2. The Morgan fingerprint density at radius 1 is 1.16 bits per heavy atom. The summed E-state index contributed by atoms with van der Waals surface area (Å²) in [5.41, 5.74) is -0.673. The fourth-order valence-electron chi connectivity index (χ4n) is 5.22. The van der Waals surface area contributed by atoms with E-state index < -0.39 is 47.1 Å². The predicted molar refractivity (Wildman–Crippen MR) is 125 cm³/mol. The summed E-state index contributed by atoms with van der Waals surface area (Å²) in [7, 11) is 1.58. The van der Waals surface area contributed by atoms with Crippen LogP contribution in [-0.2, 0) is 19.1 Å². The summed E-state index contributed by atoms with van der Waals surface area (Å²) in [6.45, 7) is 15.7. The number of cyclic esters (lactones) is 1. The quantitative estimate of drug-likeness (QED) is 0.333. The van der Waals surface area contributed by atoms with Gasteiger partial charge in [-0.1, -0.05) is 33.3 Å². The van der Waals surface area contributed by atoms with Gasteiger partial charge in [-0.25, -0.2) is 0 Å². The van der Waals surface area contributed by atoms with Crippen molar-refractivity contribution in [1.82, 2.24) is 0 Å². The molecule has 8 atom stereocenters. The lowest BCUT2D eigenvalue weighted by atomic mass is 9.72. The van der Waals surface area contributed by atoms with E-state index in [-0.39, 0.29) is 23.8 Å². The van der Waals surface area contributed by atoms with Crippen LogP contribution in [0.2, 0.25) is 0 Å². The topological polar surface area (TPSA) is 117 Å². The molecule has 0 aromatic carbocycles. The third-order valence-electron chi connectivity index (χ3n) is 7.27. The minimum Gasteiger partial charge on any atom is -0.459 e. The molecule has 7 heteroatoms. The predicted octanol–water partition coefficient (Wildman–Crippen LogP) is 3.70. The van der Waals surface area contributed by atoms with Gasteiger partial charge in [0.25, 0.3) is 0 Å². The maximum absolute atomic E-state index is 13.3. The van der Waals surface area contributed by atoms with Crippen LogP contribution >= 0.6 is 0 Å². The monoisotopic (exact) mass is 453 g/mol. The molecule has 1 aliphatic rings. The number of hydrogen-bond donors (Lipinski definition) is 3. The Balaban J connectivity index is 3.68. The maximum Gasteiger partial charge on any atom is 0.316 e. The first-order valence-electron chi connectivity index (χ1n) is 11.5. The number of ether oxygens (including phenoxy) is 2. The normalized spacial score (nSPS) is 40.6. The van der Waals surface area contributed by atoms with E-state index in [1.807, 2.05) is 27.7 Å². The molecule has 0 bridgehead atoms. The van der Waals surface area contributed by atoms with Crippen molar-refractivity contribution in [2.45, 2.75) is 98.6 Å². The smallest absolute Gasteiger partial charge is 0.316 e. The van der Waals surface area contributed by atoms with E-state index in [9.17, 15) is 19.8 Å². The first-order valence-corrected chi connectivity index (χ1v) is 11.5. The summed E-state index contributed by atoms with van der Waals surface area (Å²) in [4.78, 5) is 26.2. The van der Waals surface area contributed by atoms with Gasteiger partial charge in [-0.2, -0.15) is 0 Å². The number of esters is 1. The average Bonchev–Trinajstić information content (AvgIpc) is 2.73. The van der Waals surface area contributed by atoms with Crippen molar-refractivity contribution in [3.8, 4) is 0 Å². The van der Waals surface area contributed by atoms with Crippen LogP contribution in [0, 0.1) is 29.1 Å². The molecule has 1 heterocycles. The second kappa shape index (κ2) is 10.6. The zero-order valence-electron chi connectivity index (χ0n) is 21.4. The maximum atomic E-state index is 13.3. The van der Waals surface area contributed by atoms with Crippen LogP contribution in [0.25, 0.3) is 0 Å². The Labute approximate surface area is 193 Å². The first-order chi connectivity index (χ1) is 14.6. The highest BCUT2D eigenvalue weighted by Crippen LogP contribution is 2.39. The van der Waals surface area contributed by atoms with E-state index in [4.69, 9.17) is 14.9 Å². The second-order valence-corrected chi connectivity index (χ2v) is 10.0. The SMILES string of the molecule is CC[C@H]1OC(=O)[C@H](C)C(=O)[C@H](C)C(=C(C)C)[C@](C)(OC)C[C@@H](C)C(=N)[C@H](C)[C@@H](O)[C@]1(C)O. The van der Waals surface area contributed by atoms with Gasteiger partial charge in [-0.3, -0.25) is 9.59 Å². The molecule has 0 radical (unpaired) electrons. The van der Waals surface area contributed by atoms with Crippen molar-refractivity contribution in [1.29, 1.82) is 5.41 Å². The van der Waals surface area contributed by atoms with Crippen molar-refractivity contribution in [3.63, 3.8) is 0 Å². The van der Waals surface area contributed by atoms with E-state index in [0.29, 0.717) is 6.42 Å². The largest absolute Gasteiger partial charge is 0.459 e. The van der Waals surface area contributed by atoms with Gasteiger partial charge >= 0.3 is 5.97 Å². The Morgan fingerprint density at radius 3 is 2.12 bits per heavy atom. The molecule has 0 aromatic heterocycles. The number of carbonyl (C=O) groups is 2. The fraction of sp³-hybridized carbons (Fsp3) is 0.800. The summed E-state index contributed by atoms with van der Waals surface area (Å²) in [5, 5.41) is 30.9. The number of methoxy groups -OCH3 is 1. The molecule has 1 aliphatic heterocycles. The van der Waals surface area contributed by atoms with Crippen LogP contribution < -0.4 is 0 Å². The molecular weight excluding hydrogens is 410 g/mol. The van der Waals surface area contributed by atoms with Gasteiger partial charge < -0.3 is 25.1 Å². The molecule has 0 aliphatic carbocycles. The third-order valence-corrected chi connectivity index (χ3v) is 7.27. The minimum absolute atomic E-state index is 0.253. The van der Waals surface area contributed by atoms with Crippen molar-refractivity contribution >= 4 is 17.5 Å². The van der Waals surface area contributed by atoms with E-state index in [0.717, 1.165) is 11.1 Å². The standard InChI is InChI=1S/C25H43NO6/c1-11-18-25(9,30)22(28)16(6)20(26)14(4)12-24(8,31-10)19(13(2)3)15(5)21(27)17(7)23(29)32-18/h14-18,22,26,28,30H,11-12H2,1-10H3/t14-,15-,16+,17-,18-,22-,24-,25-/m1/s1. The highest BCUT2D eigenvalue weighted by molar-refractivity contribution is 6.01. The first kappa shape index (κ1) is 28.5. The summed E-state index contributed by atoms with van der Waals surface area (Å²) < 4.78 is 11.5. The number of aliphatic hydroxyl groups is 2. The van der Waals surface area contributed by atoms with Crippen LogP contribution in [0.3, 0.4) is 0 Å². The van der Waals surface area contributed by atoms with E-state index in [1.165, 1.54) is 13.8 Å². The summed E-state index contributed by atoms with van der Waals surface area (Å²) >= 11 is 0. The van der Waals surface area contributed by atoms with Crippen LogP contribution in [0.1, 0.15) is 75.2 Å². The fourth-order valence-corrected chi connectivity index (χ4v) is 5.22. The molecule has 0 spiro atoms. The zero-order chi connectivity index (χ0) is 25.2. The van der Waals surface area contributed by atoms with Gasteiger partial charge in [-0.05, 0) is 59.0 Å². The van der Waals surface area contributed by atoms with Gasteiger partial charge in [0.15, 0.2) is 5.78 Å².